The van der Waals surface area contributed by atoms with Gasteiger partial charge in [0.05, 0.1) is 64.9 Å². The number of ether oxygens (including phenoxy) is 3. The molecule has 5 aromatic rings. The van der Waals surface area contributed by atoms with Crippen molar-refractivity contribution in [3.8, 4) is 17.2 Å². The highest BCUT2D eigenvalue weighted by atomic mass is 32.2. The Kier molecular flexibility index (Phi) is 7.08. The Morgan fingerprint density at radius 1 is 0.755 bits per heavy atom. The van der Waals surface area contributed by atoms with Gasteiger partial charge < -0.3 is 30.2 Å². The number of nitrogens with one attached hydrogen (secondary N) is 3. The van der Waals surface area contributed by atoms with Crippen LogP contribution in [0.25, 0.3) is 49.2 Å². The number of methoxy groups -OCH3 is 3. The minimum Gasteiger partial charge on any atom is -0.495 e. The van der Waals surface area contributed by atoms with Crippen LogP contribution in [0, 0.1) is 0 Å². The number of Topliss-reactive ketones (excluding diaryl/α,β-unsaturated/α-hetero) is 1. The average molecular weight is 696 g/mol. The molecule has 11 heteroatoms. The summed E-state index contributed by atoms with van der Waals surface area (Å²) >= 11 is 3.31. The lowest BCUT2D eigenvalue weighted by molar-refractivity contribution is -0.117. The normalized spacial score (nSPS) is 18.7. The lowest BCUT2D eigenvalue weighted by Gasteiger charge is -2.30. The van der Waals surface area contributed by atoms with Gasteiger partial charge in [0.2, 0.25) is 10.9 Å². The molecule has 1 unspecified atom stereocenters. The second-order valence-electron chi connectivity index (χ2n) is 13.5. The van der Waals surface area contributed by atoms with E-state index in [9.17, 15) is 9.59 Å². The quantitative estimate of drug-likeness (QED) is 0.122. The summed E-state index contributed by atoms with van der Waals surface area (Å²) < 4.78 is 18.7. The molecule has 1 saturated carbocycles. The number of allylic oxidation sites excluding steroid dienone is 1. The third kappa shape index (κ3) is 4.00. The van der Waals surface area contributed by atoms with Crippen LogP contribution in [0.1, 0.15) is 56.6 Å². The average Bonchev–Trinajstić information content (AvgIpc) is 3.58. The van der Waals surface area contributed by atoms with E-state index in [1.165, 1.54) is 7.11 Å². The van der Waals surface area contributed by atoms with Crippen molar-refractivity contribution < 1.29 is 19.0 Å². The molecule has 49 heavy (non-hydrogen) atoms. The van der Waals surface area contributed by atoms with Gasteiger partial charge in [0.25, 0.3) is 0 Å². The fourth-order valence-electron chi connectivity index (χ4n) is 9.11. The van der Waals surface area contributed by atoms with Gasteiger partial charge in [-0.2, -0.15) is 0 Å². The molecule has 0 bridgehead atoms. The number of benzene rings is 5. The molecule has 2 heterocycles. The van der Waals surface area contributed by atoms with Crippen LogP contribution in [0.15, 0.2) is 25.0 Å². The number of fused-ring (bicyclic) bond motifs is 5. The van der Waals surface area contributed by atoms with Gasteiger partial charge in [-0.05, 0) is 32.1 Å². The Bertz CT molecular complexity index is 2440. The second-order valence-corrected chi connectivity index (χ2v) is 15.7. The molecule has 0 aromatic heterocycles. The minimum absolute atomic E-state index is 0.0808. The molecule has 0 spiro atoms. The predicted molar refractivity (Wildman–Crippen MR) is 202 cm³/mol. The Balaban J connectivity index is 1.69. The Morgan fingerprint density at radius 3 is 1.86 bits per heavy atom. The van der Waals surface area contributed by atoms with Crippen LogP contribution in [0.2, 0.25) is 0 Å². The summed E-state index contributed by atoms with van der Waals surface area (Å²) in [6, 6.07) is 0.160. The summed E-state index contributed by atoms with van der Waals surface area (Å²) in [7, 11) is 4.83. The number of thioether (sulfide) groups is 2. The molecule has 0 saturated heterocycles. The highest BCUT2D eigenvalue weighted by molar-refractivity contribution is 8.00. The van der Waals surface area contributed by atoms with Gasteiger partial charge in [-0.25, -0.2) is 0 Å². The van der Waals surface area contributed by atoms with E-state index >= 15 is 4.79 Å². The van der Waals surface area contributed by atoms with E-state index in [4.69, 9.17) is 14.2 Å². The Hall–Kier alpha value is -4.09. The molecule has 1 atom stereocenters. The first-order valence-corrected chi connectivity index (χ1v) is 18.9. The van der Waals surface area contributed by atoms with Crippen molar-refractivity contribution >= 4 is 95.5 Å². The van der Waals surface area contributed by atoms with E-state index in [-0.39, 0.29) is 28.4 Å². The summed E-state index contributed by atoms with van der Waals surface area (Å²) in [6.45, 7) is 4.86. The topological polar surface area (TPSA) is 115 Å². The molecule has 3 N–H and O–H groups in total. The smallest absolute Gasteiger partial charge is 0.230 e. The molecule has 9 rings (SSSR count). The molecule has 5 aromatic carbocycles. The number of carbonyl (C=O) groups excluding carboxylic acids is 1. The van der Waals surface area contributed by atoms with E-state index in [0.717, 1.165) is 90.7 Å². The number of hydrogen-bond donors (Lipinski definition) is 3. The molecule has 4 aliphatic rings. The zero-order valence-corrected chi connectivity index (χ0v) is 29.8. The molecule has 2 aliphatic carbocycles. The number of anilines is 3. The van der Waals surface area contributed by atoms with Gasteiger partial charge >= 0.3 is 0 Å². The highest BCUT2D eigenvalue weighted by Gasteiger charge is 2.39. The van der Waals surface area contributed by atoms with Crippen LogP contribution in [0.3, 0.4) is 0 Å². The lowest BCUT2D eigenvalue weighted by atomic mass is 9.80. The monoisotopic (exact) mass is 695 g/mol. The maximum Gasteiger partial charge on any atom is 0.230 e. The number of rotatable bonds is 6. The lowest BCUT2D eigenvalue weighted by Crippen LogP contribution is -2.24. The Labute approximate surface area is 291 Å². The van der Waals surface area contributed by atoms with Crippen molar-refractivity contribution in [1.29, 1.82) is 0 Å². The van der Waals surface area contributed by atoms with E-state index in [1.54, 1.807) is 44.7 Å². The second kappa shape index (κ2) is 11.2. The number of hydrogen-bond acceptors (Lipinski definition) is 11. The largest absolute Gasteiger partial charge is 0.495 e. The number of carbonyl (C=O) groups is 1. The van der Waals surface area contributed by atoms with Crippen molar-refractivity contribution in [1.82, 2.24) is 0 Å². The van der Waals surface area contributed by atoms with Crippen molar-refractivity contribution in [2.75, 3.05) is 61.9 Å². The third-order valence-corrected chi connectivity index (χ3v) is 13.1. The van der Waals surface area contributed by atoms with Crippen LogP contribution in [-0.4, -0.2) is 57.7 Å². The zero-order valence-electron chi connectivity index (χ0n) is 28.2. The van der Waals surface area contributed by atoms with Gasteiger partial charge in [-0.3, -0.25) is 14.4 Å². The van der Waals surface area contributed by atoms with Crippen molar-refractivity contribution in [2.24, 2.45) is 0 Å². The van der Waals surface area contributed by atoms with Gasteiger partial charge in [-0.1, -0.05) is 24.5 Å². The third-order valence-electron chi connectivity index (χ3n) is 10.9. The van der Waals surface area contributed by atoms with E-state index in [1.807, 2.05) is 13.0 Å². The van der Waals surface area contributed by atoms with Crippen LogP contribution in [0.4, 0.5) is 17.1 Å². The first kappa shape index (κ1) is 30.9. The first-order valence-electron chi connectivity index (χ1n) is 16.9. The maximum absolute atomic E-state index is 15.2. The molecule has 0 radical (unpaired) electrons. The van der Waals surface area contributed by atoms with Gasteiger partial charge in [0.1, 0.15) is 17.3 Å². The maximum atomic E-state index is 15.2. The van der Waals surface area contributed by atoms with Gasteiger partial charge in [0, 0.05) is 68.7 Å². The summed E-state index contributed by atoms with van der Waals surface area (Å²) in [5.41, 5.74) is 3.71. The molecule has 2 aliphatic heterocycles. The van der Waals surface area contributed by atoms with Crippen molar-refractivity contribution in [3.05, 3.63) is 37.1 Å². The molecule has 0 amide bonds. The van der Waals surface area contributed by atoms with Crippen LogP contribution in [-0.2, 0) is 4.79 Å². The fourth-order valence-corrected chi connectivity index (χ4v) is 11.2. The van der Waals surface area contributed by atoms with Crippen molar-refractivity contribution in [3.63, 3.8) is 0 Å². The standard InChI is InChI=1S/C38H37N3O6S2/c1-15-14-18-20-21-23-26(36(47-5)38-31(40-11-13-49-38)28(23)33(44)34(45-3)24(21)19(15)16(2)42)25-22(20)27(30-37(35(25)46-4)48-12-10-39-30)32(43)29(18)41-17-8-6-7-9-17/h14,17,19,39-41H,6-13H2,1-5H3. The molecule has 9 nitrogen and oxygen atoms in total. The molecule has 252 valence electrons. The highest BCUT2D eigenvalue weighted by Crippen LogP contribution is 2.60. The van der Waals surface area contributed by atoms with Crippen LogP contribution >= 0.6 is 23.5 Å². The summed E-state index contributed by atoms with van der Waals surface area (Å²) in [5, 5.41) is 16.4. The summed E-state index contributed by atoms with van der Waals surface area (Å²) in [4.78, 5) is 45.6. The summed E-state index contributed by atoms with van der Waals surface area (Å²) in [5.74, 6) is 2.16. The SMILES string of the molecule is COc1c2c3c4c(c(NC5CCCC5)c(=O)c5c6c(c(OC)c(c7c(OC)c8c(c(c1=O)c73)NCCS8)c54)SCCN6)C=C(C)C2C(C)=O. The Morgan fingerprint density at radius 2 is 1.31 bits per heavy atom. The predicted octanol–water partition coefficient (Wildman–Crippen LogP) is 7.40. The molecular formula is C38H37N3O6S2. The van der Waals surface area contributed by atoms with Crippen molar-refractivity contribution in [2.45, 2.75) is 61.3 Å². The molecule has 1 fully saturated rings. The van der Waals surface area contributed by atoms with E-state index in [0.29, 0.717) is 57.7 Å². The van der Waals surface area contributed by atoms with Crippen LogP contribution < -0.4 is 41.0 Å². The minimum atomic E-state index is -0.758. The number of ketones is 1. The van der Waals surface area contributed by atoms with Crippen LogP contribution in [0.5, 0.6) is 17.2 Å². The van der Waals surface area contributed by atoms with E-state index in [2.05, 4.69) is 16.0 Å². The first-order chi connectivity index (χ1) is 23.8. The van der Waals surface area contributed by atoms with Gasteiger partial charge in [0.15, 0.2) is 5.75 Å². The fraction of sp³-hybridized carbons (Fsp3) is 0.395. The zero-order chi connectivity index (χ0) is 33.9. The van der Waals surface area contributed by atoms with E-state index < -0.39 is 5.92 Å². The van der Waals surface area contributed by atoms with Gasteiger partial charge in [-0.15, -0.1) is 23.5 Å². The molecular weight excluding hydrogens is 659 g/mol. The summed E-state index contributed by atoms with van der Waals surface area (Å²) in [6.07, 6.45) is 6.17.